The number of urea groups is 2. The maximum Gasteiger partial charge on any atom is 0.471 e. The lowest BCUT2D eigenvalue weighted by molar-refractivity contribution is -0.173. The molecule has 2 saturated heterocycles. The summed E-state index contributed by atoms with van der Waals surface area (Å²) in [4.78, 5) is 73.3. The highest BCUT2D eigenvalue weighted by Crippen LogP contribution is 2.22. The Morgan fingerprint density at radius 1 is 0.565 bits per heavy atom. The number of rotatable bonds is 13. The van der Waals surface area contributed by atoms with E-state index in [1.165, 1.54) is 12.1 Å². The van der Waals surface area contributed by atoms with Crippen molar-refractivity contribution in [1.29, 1.82) is 0 Å². The number of benzene rings is 4. The summed E-state index contributed by atoms with van der Waals surface area (Å²) in [6, 6.07) is 32.5. The summed E-state index contributed by atoms with van der Waals surface area (Å²) in [6.45, 7) is 12.3. The number of piperazine rings is 2. The van der Waals surface area contributed by atoms with Crippen molar-refractivity contribution in [2.24, 2.45) is 5.73 Å². The van der Waals surface area contributed by atoms with Gasteiger partial charge in [0, 0.05) is 74.9 Å². The summed E-state index contributed by atoms with van der Waals surface area (Å²) in [7, 11) is 0. The zero-order valence-electron chi connectivity index (χ0n) is 35.2. The van der Waals surface area contributed by atoms with Crippen LogP contribution >= 0.6 is 0 Å². The van der Waals surface area contributed by atoms with Gasteiger partial charge in [-0.05, 0) is 48.5 Å². The van der Waals surface area contributed by atoms with Crippen molar-refractivity contribution in [1.82, 2.24) is 24.9 Å². The summed E-state index contributed by atoms with van der Waals surface area (Å²) in [6.07, 6.45) is -5.04. The van der Waals surface area contributed by atoms with E-state index in [9.17, 15) is 37.1 Å². The minimum absolute atomic E-state index is 0.00227. The molecule has 0 unspecified atom stereocenters. The summed E-state index contributed by atoms with van der Waals surface area (Å²) < 4.78 is 36.9. The van der Waals surface area contributed by atoms with Crippen molar-refractivity contribution >= 4 is 40.9 Å². The van der Waals surface area contributed by atoms with Crippen molar-refractivity contribution in [2.75, 3.05) is 88.3 Å². The highest BCUT2D eigenvalue weighted by Gasteiger charge is 2.38. The van der Waals surface area contributed by atoms with Crippen molar-refractivity contribution in [2.45, 2.75) is 33.1 Å². The molecule has 13 nitrogen and oxygen atoms in total. The fourth-order valence-corrected chi connectivity index (χ4v) is 7.04. The number of likely N-dealkylation sites (N-methyl/N-ethyl adjacent to an activating group) is 2. The lowest BCUT2D eigenvalue weighted by Crippen LogP contribution is -2.52. The summed E-state index contributed by atoms with van der Waals surface area (Å²) >= 11 is 0. The Morgan fingerprint density at radius 2 is 0.935 bits per heavy atom. The van der Waals surface area contributed by atoms with Gasteiger partial charge in [0.2, 0.25) is 0 Å². The second kappa shape index (κ2) is 22.7. The number of hydrogen-bond acceptors (Lipinski definition) is 8. The summed E-state index contributed by atoms with van der Waals surface area (Å²) in [5, 5.41) is 1.57. The molecule has 16 heteroatoms. The average Bonchev–Trinajstić information content (AvgIpc) is 3.31. The van der Waals surface area contributed by atoms with Gasteiger partial charge in [0.15, 0.2) is 11.6 Å². The molecule has 0 radical (unpaired) electrons. The van der Waals surface area contributed by atoms with Crippen LogP contribution in [0.15, 0.2) is 109 Å². The van der Waals surface area contributed by atoms with Gasteiger partial charge in [0.25, 0.3) is 0 Å². The minimum atomic E-state index is -5.04. The van der Waals surface area contributed by atoms with Crippen molar-refractivity contribution < 1.29 is 37.1 Å². The average molecular weight is 857 g/mol. The number of anilines is 2. The molecule has 2 aliphatic rings. The van der Waals surface area contributed by atoms with Gasteiger partial charge in [-0.2, -0.15) is 13.2 Å². The topological polar surface area (TPSA) is 143 Å². The number of alkyl halides is 3. The van der Waals surface area contributed by atoms with E-state index in [0.29, 0.717) is 25.2 Å². The Labute approximate surface area is 360 Å². The van der Waals surface area contributed by atoms with Gasteiger partial charge < -0.3 is 30.7 Å². The van der Waals surface area contributed by atoms with Crippen LogP contribution in [0.1, 0.15) is 45.7 Å². The number of nitrogens with zero attached hydrogens (tertiary/aromatic N) is 6. The number of amides is 5. The molecule has 0 atom stereocenters. The van der Waals surface area contributed by atoms with E-state index in [1.807, 2.05) is 82.6 Å². The van der Waals surface area contributed by atoms with E-state index in [2.05, 4.69) is 23.6 Å². The molecular formula is C46H55F3N8O5. The Morgan fingerprint density at radius 3 is 1.27 bits per heavy atom. The molecule has 62 heavy (non-hydrogen) atoms. The van der Waals surface area contributed by atoms with E-state index < -0.39 is 24.4 Å². The number of halogens is 3. The number of carbonyl (C=O) groups excluding carboxylic acids is 5. The maximum atomic E-state index is 13.4. The molecule has 4 aromatic rings. The normalized spacial score (nSPS) is 14.6. The first-order chi connectivity index (χ1) is 29.8. The molecule has 0 aromatic heterocycles. The number of para-hydroxylation sites is 2. The molecule has 2 heterocycles. The van der Waals surface area contributed by atoms with Crippen LogP contribution in [-0.4, -0.2) is 134 Å². The molecule has 4 aromatic carbocycles. The first kappa shape index (κ1) is 47.0. The van der Waals surface area contributed by atoms with Crippen LogP contribution in [-0.2, 0) is 17.9 Å². The van der Waals surface area contributed by atoms with Gasteiger partial charge in [0.1, 0.15) is 0 Å². The first-order valence-corrected chi connectivity index (χ1v) is 20.8. The standard InChI is InChI=1S/C24H27F3N4O3.C22H28N4O2/c1-2-29-12-14-30(15-13-29)23(34)31(20-6-4-3-5-7-20)17-18-8-10-19(11-9-18)21(32)16-28-22(33)24(25,26)27;1-2-24-12-14-25(15-13-24)22(28)26(20-6-4-3-5-7-20)17-18-8-10-19(11-9-18)21(27)16-23/h3-11H,2,12-17H2,1H3,(H,28,33);3-11H,2,12-17,23H2,1H3. The van der Waals surface area contributed by atoms with Gasteiger partial charge in [-0.25, -0.2) is 9.59 Å². The van der Waals surface area contributed by atoms with Crippen molar-refractivity contribution in [3.63, 3.8) is 0 Å². The van der Waals surface area contributed by atoms with Gasteiger partial charge in [-0.3, -0.25) is 24.2 Å². The van der Waals surface area contributed by atoms with E-state index in [4.69, 9.17) is 5.73 Å². The zero-order chi connectivity index (χ0) is 44.6. The fourth-order valence-electron chi connectivity index (χ4n) is 7.04. The fraction of sp³-hybridized carbons (Fsp3) is 0.370. The van der Waals surface area contributed by atoms with E-state index >= 15 is 0 Å². The molecule has 0 bridgehead atoms. The number of hydrogen-bond donors (Lipinski definition) is 2. The summed E-state index contributed by atoms with van der Waals surface area (Å²) in [5.74, 6) is -2.89. The van der Waals surface area contributed by atoms with Crippen LogP contribution in [0.25, 0.3) is 0 Å². The van der Waals surface area contributed by atoms with Crippen LogP contribution in [0.5, 0.6) is 0 Å². The zero-order valence-corrected chi connectivity index (χ0v) is 35.2. The lowest BCUT2D eigenvalue weighted by Gasteiger charge is -2.37. The molecule has 330 valence electrons. The number of Topliss-reactive ketones (excluding diaryl/α,β-unsaturated/α-hetero) is 2. The van der Waals surface area contributed by atoms with E-state index in [0.717, 1.165) is 74.9 Å². The smallest absolute Gasteiger partial charge is 0.341 e. The second-order valence-electron chi connectivity index (χ2n) is 14.9. The molecule has 2 aliphatic heterocycles. The van der Waals surface area contributed by atoms with Gasteiger partial charge in [0.05, 0.1) is 26.2 Å². The quantitative estimate of drug-likeness (QED) is 0.158. The van der Waals surface area contributed by atoms with Gasteiger partial charge in [-0.1, -0.05) is 98.8 Å². The SMILES string of the molecule is CCN1CCN(C(=O)N(Cc2ccc(C(=O)CN)cc2)c2ccccc2)CC1.CCN1CCN(C(=O)N(Cc2ccc(C(=O)CNC(=O)C(F)(F)F)cc2)c2ccccc2)CC1. The molecule has 5 amide bonds. The maximum absolute atomic E-state index is 13.4. The number of carbonyl (C=O) groups is 5. The Bertz CT molecular complexity index is 2070. The van der Waals surface area contributed by atoms with Crippen molar-refractivity contribution in [3.05, 3.63) is 131 Å². The van der Waals surface area contributed by atoms with Crippen molar-refractivity contribution in [3.8, 4) is 0 Å². The highest BCUT2D eigenvalue weighted by molar-refractivity contribution is 6.00. The van der Waals surface area contributed by atoms with Gasteiger partial charge in [-0.15, -0.1) is 0 Å². The van der Waals surface area contributed by atoms with E-state index in [1.54, 1.807) is 39.4 Å². The molecule has 0 aliphatic carbocycles. The number of nitrogens with one attached hydrogen (secondary N) is 1. The summed E-state index contributed by atoms with van der Waals surface area (Å²) in [5.41, 5.74) is 9.52. The van der Waals surface area contributed by atoms with Crippen LogP contribution in [0, 0.1) is 0 Å². The van der Waals surface area contributed by atoms with Crippen LogP contribution < -0.4 is 20.9 Å². The van der Waals surface area contributed by atoms with Crippen LogP contribution in [0.3, 0.4) is 0 Å². The Kier molecular flexibility index (Phi) is 17.2. The highest BCUT2D eigenvalue weighted by atomic mass is 19.4. The van der Waals surface area contributed by atoms with E-state index in [-0.39, 0.29) is 36.5 Å². The second-order valence-corrected chi connectivity index (χ2v) is 14.9. The largest absolute Gasteiger partial charge is 0.471 e. The van der Waals surface area contributed by atoms with Crippen LogP contribution in [0.4, 0.5) is 34.1 Å². The first-order valence-electron chi connectivity index (χ1n) is 20.8. The predicted molar refractivity (Wildman–Crippen MR) is 233 cm³/mol. The molecule has 3 N–H and O–H groups in total. The number of ketones is 2. The minimum Gasteiger partial charge on any atom is -0.341 e. The molecule has 0 saturated carbocycles. The number of nitrogens with two attached hydrogens (primary N) is 1. The Balaban J connectivity index is 0.000000238. The third-order valence-electron chi connectivity index (χ3n) is 10.9. The lowest BCUT2D eigenvalue weighted by atomic mass is 10.1. The third-order valence-corrected chi connectivity index (χ3v) is 10.9. The predicted octanol–water partition coefficient (Wildman–Crippen LogP) is 5.90. The van der Waals surface area contributed by atoms with Gasteiger partial charge >= 0.3 is 24.1 Å². The van der Waals surface area contributed by atoms with Crippen LogP contribution in [0.2, 0.25) is 0 Å². The molecule has 2 fully saturated rings. The molecular weight excluding hydrogens is 802 g/mol. The molecule has 0 spiro atoms. The monoisotopic (exact) mass is 856 g/mol. The Hall–Kier alpha value is -6.10. The third kappa shape index (κ3) is 13.2. The molecule has 6 rings (SSSR count).